The van der Waals surface area contributed by atoms with Crippen molar-refractivity contribution in [1.29, 1.82) is 0 Å². The van der Waals surface area contributed by atoms with E-state index in [2.05, 4.69) is 5.32 Å². The molecule has 0 saturated carbocycles. The number of nitrogens with zero attached hydrogens (tertiary/aromatic N) is 1. The third-order valence-corrected chi connectivity index (χ3v) is 6.80. The van der Waals surface area contributed by atoms with Crippen molar-refractivity contribution in [3.05, 3.63) is 87.9 Å². The maximum atomic E-state index is 13.0. The lowest BCUT2D eigenvalue weighted by Gasteiger charge is -2.22. The number of aryl methyl sites for hydroxylation is 3. The van der Waals surface area contributed by atoms with E-state index in [1.807, 2.05) is 32.0 Å². The zero-order valence-corrected chi connectivity index (χ0v) is 18.8. The van der Waals surface area contributed by atoms with E-state index >= 15 is 0 Å². The zero-order valence-electron chi connectivity index (χ0n) is 17.2. The molecule has 7 heteroatoms. The molecular formula is C23H23ClN2O3S. The third kappa shape index (κ3) is 4.66. The van der Waals surface area contributed by atoms with Crippen molar-refractivity contribution < 1.29 is 13.2 Å². The molecule has 0 radical (unpaired) electrons. The van der Waals surface area contributed by atoms with Gasteiger partial charge in [-0.1, -0.05) is 23.7 Å². The molecule has 0 fully saturated rings. The van der Waals surface area contributed by atoms with Crippen LogP contribution >= 0.6 is 11.6 Å². The minimum absolute atomic E-state index is 0.124. The number of carbonyl (C=O) groups is 1. The molecule has 0 aliphatic carbocycles. The average Bonchev–Trinajstić information content (AvgIpc) is 2.67. The van der Waals surface area contributed by atoms with Crippen LogP contribution in [0.2, 0.25) is 5.02 Å². The first-order valence-electron chi connectivity index (χ1n) is 9.33. The van der Waals surface area contributed by atoms with Crippen LogP contribution in [0.25, 0.3) is 0 Å². The minimum atomic E-state index is -3.80. The molecule has 0 atom stereocenters. The number of rotatable bonds is 5. The van der Waals surface area contributed by atoms with E-state index in [1.165, 1.54) is 35.6 Å². The van der Waals surface area contributed by atoms with E-state index in [4.69, 9.17) is 11.6 Å². The Labute approximate surface area is 182 Å². The maximum absolute atomic E-state index is 13.0. The Morgan fingerprint density at radius 3 is 2.10 bits per heavy atom. The Morgan fingerprint density at radius 1 is 0.900 bits per heavy atom. The molecule has 5 nitrogen and oxygen atoms in total. The first-order chi connectivity index (χ1) is 14.1. The molecular weight excluding hydrogens is 420 g/mol. The van der Waals surface area contributed by atoms with E-state index in [0.717, 1.165) is 16.7 Å². The summed E-state index contributed by atoms with van der Waals surface area (Å²) in [4.78, 5) is 12.9. The van der Waals surface area contributed by atoms with Crippen LogP contribution in [0.5, 0.6) is 0 Å². The second-order valence-electron chi connectivity index (χ2n) is 7.26. The summed E-state index contributed by atoms with van der Waals surface area (Å²) in [6, 6.07) is 16.8. The number of amides is 1. The molecule has 3 rings (SSSR count). The summed E-state index contributed by atoms with van der Waals surface area (Å²) in [7, 11) is -2.33. The number of carbonyl (C=O) groups excluding carboxylic acids is 1. The second-order valence-corrected chi connectivity index (χ2v) is 9.66. The van der Waals surface area contributed by atoms with Crippen LogP contribution in [0.1, 0.15) is 27.0 Å². The number of halogens is 1. The van der Waals surface area contributed by atoms with Crippen LogP contribution in [0, 0.1) is 20.8 Å². The molecule has 0 heterocycles. The van der Waals surface area contributed by atoms with Gasteiger partial charge >= 0.3 is 0 Å². The van der Waals surface area contributed by atoms with Gasteiger partial charge < -0.3 is 5.32 Å². The van der Waals surface area contributed by atoms with Gasteiger partial charge in [-0.05, 0) is 86.0 Å². The highest BCUT2D eigenvalue weighted by atomic mass is 35.5. The van der Waals surface area contributed by atoms with Gasteiger partial charge in [0.1, 0.15) is 0 Å². The van der Waals surface area contributed by atoms with E-state index in [-0.39, 0.29) is 10.8 Å². The van der Waals surface area contributed by atoms with Gasteiger partial charge in [0.2, 0.25) is 0 Å². The number of sulfonamides is 1. The van der Waals surface area contributed by atoms with Crippen LogP contribution in [0.3, 0.4) is 0 Å². The molecule has 3 aromatic carbocycles. The summed E-state index contributed by atoms with van der Waals surface area (Å²) in [5.41, 5.74) is 4.32. The molecule has 156 valence electrons. The monoisotopic (exact) mass is 442 g/mol. The molecule has 3 aromatic rings. The number of nitrogens with one attached hydrogen (secondary N) is 1. The number of hydrogen-bond acceptors (Lipinski definition) is 3. The van der Waals surface area contributed by atoms with Crippen molar-refractivity contribution >= 4 is 38.9 Å². The summed E-state index contributed by atoms with van der Waals surface area (Å²) in [5, 5.41) is 3.34. The van der Waals surface area contributed by atoms with Crippen LogP contribution in [-0.2, 0) is 10.0 Å². The molecule has 0 bridgehead atoms. The largest absolute Gasteiger partial charge is 0.322 e. The lowest BCUT2D eigenvalue weighted by atomic mass is 10.1. The molecule has 0 spiro atoms. The van der Waals surface area contributed by atoms with E-state index in [9.17, 15) is 13.2 Å². The highest BCUT2D eigenvalue weighted by Crippen LogP contribution is 2.27. The third-order valence-electron chi connectivity index (χ3n) is 4.76. The summed E-state index contributed by atoms with van der Waals surface area (Å²) in [6.45, 7) is 5.72. The van der Waals surface area contributed by atoms with Crippen molar-refractivity contribution in [3.8, 4) is 0 Å². The van der Waals surface area contributed by atoms with Crippen LogP contribution in [0.4, 0.5) is 11.4 Å². The standard InChI is InChI=1S/C23H23ClN2O3S/c1-15-11-16(2)13-20(12-15)25-23(27)18-6-5-17(3)22(14-18)26(4)30(28,29)21-9-7-19(24)8-10-21/h5-14H,1-4H3,(H,25,27). The molecule has 30 heavy (non-hydrogen) atoms. The van der Waals surface area contributed by atoms with E-state index < -0.39 is 10.0 Å². The van der Waals surface area contributed by atoms with Crippen molar-refractivity contribution in [2.24, 2.45) is 0 Å². The van der Waals surface area contributed by atoms with Gasteiger partial charge in [-0.15, -0.1) is 0 Å². The normalized spacial score (nSPS) is 11.2. The van der Waals surface area contributed by atoms with Crippen molar-refractivity contribution in [1.82, 2.24) is 0 Å². The molecule has 0 unspecified atom stereocenters. The van der Waals surface area contributed by atoms with Gasteiger partial charge in [0.15, 0.2) is 0 Å². The highest BCUT2D eigenvalue weighted by molar-refractivity contribution is 7.92. The molecule has 1 N–H and O–H groups in total. The topological polar surface area (TPSA) is 66.5 Å². The number of anilines is 2. The van der Waals surface area contributed by atoms with Gasteiger partial charge in [0, 0.05) is 23.3 Å². The SMILES string of the molecule is Cc1cc(C)cc(NC(=O)c2ccc(C)c(N(C)S(=O)(=O)c3ccc(Cl)cc3)c2)c1. The molecule has 0 saturated heterocycles. The van der Waals surface area contributed by atoms with Gasteiger partial charge in [0.05, 0.1) is 10.6 Å². The summed E-state index contributed by atoms with van der Waals surface area (Å²) in [5.74, 6) is -0.307. The second kappa shape index (κ2) is 8.50. The van der Waals surface area contributed by atoms with E-state index in [1.54, 1.807) is 25.1 Å². The highest BCUT2D eigenvalue weighted by Gasteiger charge is 2.23. The van der Waals surface area contributed by atoms with Gasteiger partial charge in [-0.3, -0.25) is 9.10 Å². The predicted octanol–water partition coefficient (Wildman–Crippen LogP) is 5.34. The number of benzene rings is 3. The Balaban J connectivity index is 1.92. The fraction of sp³-hybridized carbons (Fsp3) is 0.174. The van der Waals surface area contributed by atoms with Crippen molar-refractivity contribution in [2.45, 2.75) is 25.7 Å². The maximum Gasteiger partial charge on any atom is 0.264 e. The predicted molar refractivity (Wildman–Crippen MR) is 122 cm³/mol. The van der Waals surface area contributed by atoms with Crippen LogP contribution in [-0.4, -0.2) is 21.4 Å². The van der Waals surface area contributed by atoms with Crippen molar-refractivity contribution in [3.63, 3.8) is 0 Å². The number of hydrogen-bond donors (Lipinski definition) is 1. The fourth-order valence-electron chi connectivity index (χ4n) is 3.23. The Morgan fingerprint density at radius 2 is 1.50 bits per heavy atom. The van der Waals surface area contributed by atoms with Gasteiger partial charge in [0.25, 0.3) is 15.9 Å². The Kier molecular flexibility index (Phi) is 6.19. The Hall–Kier alpha value is -2.83. The molecule has 0 aliphatic heterocycles. The Bertz CT molecular complexity index is 1190. The summed E-state index contributed by atoms with van der Waals surface area (Å²) >= 11 is 5.87. The van der Waals surface area contributed by atoms with Crippen LogP contribution < -0.4 is 9.62 Å². The molecule has 0 aromatic heterocycles. The lowest BCUT2D eigenvalue weighted by Crippen LogP contribution is -2.27. The molecule has 1 amide bonds. The van der Waals surface area contributed by atoms with E-state index in [0.29, 0.717) is 22.0 Å². The quantitative estimate of drug-likeness (QED) is 0.579. The smallest absolute Gasteiger partial charge is 0.264 e. The fourth-order valence-corrected chi connectivity index (χ4v) is 4.61. The van der Waals surface area contributed by atoms with Crippen molar-refractivity contribution in [2.75, 3.05) is 16.7 Å². The average molecular weight is 443 g/mol. The minimum Gasteiger partial charge on any atom is -0.322 e. The van der Waals surface area contributed by atoms with Gasteiger partial charge in [-0.25, -0.2) is 8.42 Å². The summed E-state index contributed by atoms with van der Waals surface area (Å²) in [6.07, 6.45) is 0. The first-order valence-corrected chi connectivity index (χ1v) is 11.1. The van der Waals surface area contributed by atoms with Crippen LogP contribution in [0.15, 0.2) is 65.6 Å². The first kappa shape index (κ1) is 21.9. The molecule has 0 aliphatic rings. The zero-order chi connectivity index (χ0) is 22.1. The summed E-state index contributed by atoms with van der Waals surface area (Å²) < 4.78 is 27.2. The van der Waals surface area contributed by atoms with Gasteiger partial charge in [-0.2, -0.15) is 0 Å². The lowest BCUT2D eigenvalue weighted by molar-refractivity contribution is 0.102.